The number of carbonyl (C=O) groups is 8. The maximum atomic E-state index is 11.7. The molecule has 0 amide bonds. The van der Waals surface area contributed by atoms with Gasteiger partial charge >= 0.3 is 47.8 Å². The van der Waals surface area contributed by atoms with Crippen molar-refractivity contribution in [3.05, 3.63) is 0 Å². The first kappa shape index (κ1) is 73.0. The van der Waals surface area contributed by atoms with E-state index in [2.05, 4.69) is 27.7 Å². The normalized spacial score (nSPS) is 27.7. The van der Waals surface area contributed by atoms with E-state index in [1.165, 1.54) is 0 Å². The summed E-state index contributed by atoms with van der Waals surface area (Å²) in [6.07, 6.45) is 0.738. The molecular formula is C54H92O20S4. The fourth-order valence-electron chi connectivity index (χ4n) is 5.80. The van der Waals surface area contributed by atoms with Crippen molar-refractivity contribution < 1.29 is 95.2 Å². The van der Waals surface area contributed by atoms with Gasteiger partial charge in [0.2, 0.25) is 18.9 Å². The molecule has 0 bridgehead atoms. The first-order chi connectivity index (χ1) is 36.4. The van der Waals surface area contributed by atoms with Crippen molar-refractivity contribution in [2.24, 2.45) is 22.7 Å². The number of carbonyl (C=O) groups excluding carboxylic acids is 8. The second-order valence-corrected chi connectivity index (χ2v) is 26.4. The number of rotatable bonds is 20. The van der Waals surface area contributed by atoms with Crippen LogP contribution in [0.1, 0.15) is 150 Å². The molecule has 0 aliphatic carbocycles. The Balaban J connectivity index is 0.000000520. The van der Waals surface area contributed by atoms with E-state index in [0.717, 1.165) is 5.75 Å². The Morgan fingerprint density at radius 2 is 0.821 bits per heavy atom. The predicted molar refractivity (Wildman–Crippen MR) is 300 cm³/mol. The van der Waals surface area contributed by atoms with Gasteiger partial charge in [-0.3, -0.25) is 19.2 Å². The minimum atomic E-state index is -0.735. The highest BCUT2D eigenvalue weighted by Crippen LogP contribution is 2.36. The first-order valence-corrected chi connectivity index (χ1v) is 31.0. The van der Waals surface area contributed by atoms with Crippen LogP contribution in [0.2, 0.25) is 0 Å². The molecular weight excluding hydrogens is 1100 g/mol. The van der Waals surface area contributed by atoms with Crippen LogP contribution in [0.3, 0.4) is 0 Å². The maximum Gasteiger partial charge on any atom is 0.346 e. The van der Waals surface area contributed by atoms with Gasteiger partial charge in [-0.05, 0) is 81.1 Å². The van der Waals surface area contributed by atoms with Crippen molar-refractivity contribution in [1.29, 1.82) is 0 Å². The number of hydrogen-bond donors (Lipinski definition) is 0. The lowest BCUT2D eigenvalue weighted by Crippen LogP contribution is -2.42. The van der Waals surface area contributed by atoms with E-state index in [4.69, 9.17) is 56.8 Å². The summed E-state index contributed by atoms with van der Waals surface area (Å²) in [5, 5.41) is 1.79. The molecule has 0 aromatic carbocycles. The molecule has 78 heavy (non-hydrogen) atoms. The van der Waals surface area contributed by atoms with Crippen LogP contribution in [0.4, 0.5) is 0 Å². The highest BCUT2D eigenvalue weighted by molar-refractivity contribution is 8.07. The third-order valence-corrected chi connectivity index (χ3v) is 19.3. The van der Waals surface area contributed by atoms with Gasteiger partial charge in [0.05, 0.1) is 58.6 Å². The van der Waals surface area contributed by atoms with Gasteiger partial charge in [-0.25, -0.2) is 19.2 Å². The van der Waals surface area contributed by atoms with Gasteiger partial charge in [-0.2, -0.15) is 11.8 Å². The molecule has 4 aliphatic heterocycles. The molecule has 4 aliphatic rings. The Morgan fingerprint density at radius 3 is 1.18 bits per heavy atom. The molecule has 4 rings (SSSR count). The molecule has 4 fully saturated rings. The van der Waals surface area contributed by atoms with Crippen molar-refractivity contribution in [2.75, 3.05) is 50.3 Å². The van der Waals surface area contributed by atoms with E-state index in [9.17, 15) is 38.4 Å². The Kier molecular flexibility index (Phi) is 34.8. The Labute approximate surface area is 480 Å². The smallest absolute Gasteiger partial charge is 0.346 e. The van der Waals surface area contributed by atoms with Gasteiger partial charge in [0.1, 0.15) is 6.61 Å². The molecule has 0 aromatic heterocycles. The molecule has 0 N–H and O–H groups in total. The van der Waals surface area contributed by atoms with Crippen molar-refractivity contribution >= 4 is 94.8 Å². The van der Waals surface area contributed by atoms with Crippen LogP contribution in [0, 0.1) is 22.7 Å². The maximum absolute atomic E-state index is 11.7. The van der Waals surface area contributed by atoms with Gasteiger partial charge in [0.25, 0.3) is 0 Å². The highest BCUT2D eigenvalue weighted by Gasteiger charge is 2.34. The summed E-state index contributed by atoms with van der Waals surface area (Å²) in [6, 6.07) is 0. The van der Waals surface area contributed by atoms with Crippen molar-refractivity contribution in [3.63, 3.8) is 0 Å². The van der Waals surface area contributed by atoms with Crippen LogP contribution in [-0.2, 0) is 95.2 Å². The highest BCUT2D eigenvalue weighted by atomic mass is 32.2. The molecule has 14 atom stereocenters. The minimum Gasteiger partial charge on any atom is -0.453 e. The third kappa shape index (κ3) is 28.6. The minimum absolute atomic E-state index is 0.0295. The van der Waals surface area contributed by atoms with Gasteiger partial charge in [0.15, 0.2) is 31.9 Å². The van der Waals surface area contributed by atoms with Gasteiger partial charge in [0, 0.05) is 26.8 Å². The predicted octanol–water partition coefficient (Wildman–Crippen LogP) is 8.72. The zero-order valence-electron chi connectivity index (χ0n) is 49.4. The van der Waals surface area contributed by atoms with Crippen LogP contribution in [0.15, 0.2) is 0 Å². The Bertz CT molecular complexity index is 1740. The third-order valence-electron chi connectivity index (χ3n) is 13.4. The summed E-state index contributed by atoms with van der Waals surface area (Å²) < 4.78 is 62.2. The van der Waals surface area contributed by atoms with Gasteiger partial charge in [-0.1, -0.05) is 69.2 Å². The molecule has 4 saturated heterocycles. The quantitative estimate of drug-likeness (QED) is 0.0816. The topological polar surface area (TPSA) is 247 Å². The molecule has 20 nitrogen and oxygen atoms in total. The number of esters is 8. The van der Waals surface area contributed by atoms with E-state index in [1.807, 2.05) is 55.4 Å². The largest absolute Gasteiger partial charge is 0.453 e. The Hall–Kier alpha value is -3.00. The molecule has 452 valence electrons. The number of thioether (sulfide) groups is 4. The summed E-state index contributed by atoms with van der Waals surface area (Å²) >= 11 is 6.86. The molecule has 24 heteroatoms. The summed E-state index contributed by atoms with van der Waals surface area (Å²) in [6.45, 7) is 33.1. The van der Waals surface area contributed by atoms with Crippen molar-refractivity contribution in [1.82, 2.24) is 0 Å². The van der Waals surface area contributed by atoms with Gasteiger partial charge < -0.3 is 56.8 Å². The summed E-state index contributed by atoms with van der Waals surface area (Å²) in [5.74, 6) is -2.18. The summed E-state index contributed by atoms with van der Waals surface area (Å²) in [7, 11) is 0. The number of hydrogen-bond acceptors (Lipinski definition) is 24. The van der Waals surface area contributed by atoms with E-state index < -0.39 is 72.1 Å². The monoisotopic (exact) mass is 1190 g/mol. The second-order valence-electron chi connectivity index (χ2n) is 20.7. The van der Waals surface area contributed by atoms with Crippen molar-refractivity contribution in [3.8, 4) is 0 Å². The Morgan fingerprint density at radius 1 is 0.462 bits per heavy atom. The fraction of sp³-hybridized carbons (Fsp3) is 0.852. The van der Waals surface area contributed by atoms with Crippen LogP contribution < -0.4 is 0 Å². The standard InChI is InChI=1S/C14H24O5S.C14H24O4S2.C13H22O6.C13H22O5S/c1-6-14(4,5)13(16)17-7-11(15)19-12-8-20-10(3)9(2)18-12;1-6-14(4,5)13(16)17-7-11(15)18-12-8-19-9(2)10(3)20-12;1-5-8(2)13(15)17-6-11(14)19-12-7-16-9(3)10(4)18-12;1-5-8(2)13(15)16-6-11(14)18-12-7-19-10(4)9(3)17-12/h2*9-10,12H,6-8H2,1-5H3;2*8-10,12H,5-7H2,1-4H3. The summed E-state index contributed by atoms with van der Waals surface area (Å²) in [4.78, 5) is 92.6. The van der Waals surface area contributed by atoms with E-state index in [0.29, 0.717) is 58.2 Å². The molecule has 4 heterocycles. The van der Waals surface area contributed by atoms with E-state index in [1.54, 1.807) is 88.6 Å². The van der Waals surface area contributed by atoms with E-state index in [-0.39, 0.29) is 80.1 Å². The molecule has 0 radical (unpaired) electrons. The zero-order chi connectivity index (χ0) is 59.5. The number of ether oxygens (including phenoxy) is 12. The molecule has 0 aromatic rings. The SMILES string of the molecule is CCC(C)(C)C(=O)OCC(=O)OC1CSC(C)C(C)O1.CCC(C)(C)C(=O)OCC(=O)OC1CSC(C)C(C)S1.CCC(C)C(=O)OCC(=O)OC1COC(C)C(C)O1.CCC(C)C(=O)OCC(=O)OC1CSC(C)C(C)O1. The second kappa shape index (κ2) is 37.2. The van der Waals surface area contributed by atoms with Crippen LogP contribution in [-0.4, -0.2) is 168 Å². The average molecular weight is 1190 g/mol. The molecule has 0 spiro atoms. The van der Waals surface area contributed by atoms with Crippen LogP contribution in [0.25, 0.3) is 0 Å². The summed E-state index contributed by atoms with van der Waals surface area (Å²) in [5.41, 5.74) is -1.28. The lowest BCUT2D eigenvalue weighted by molar-refractivity contribution is -0.254. The van der Waals surface area contributed by atoms with E-state index >= 15 is 0 Å². The molecule has 0 saturated carbocycles. The molecule has 14 unspecified atom stereocenters. The van der Waals surface area contributed by atoms with Crippen LogP contribution in [0.5, 0.6) is 0 Å². The van der Waals surface area contributed by atoms with Crippen LogP contribution >= 0.6 is 47.0 Å². The fourth-order valence-corrected chi connectivity index (χ4v) is 10.3. The zero-order valence-corrected chi connectivity index (χ0v) is 52.6. The average Bonchev–Trinajstić information content (AvgIpc) is 3.39. The van der Waals surface area contributed by atoms with Gasteiger partial charge in [-0.15, -0.1) is 35.3 Å². The lowest BCUT2D eigenvalue weighted by atomic mass is 9.91. The lowest BCUT2D eigenvalue weighted by Gasteiger charge is -2.32. The first-order valence-electron chi connectivity index (χ1n) is 26.9. The van der Waals surface area contributed by atoms with Crippen molar-refractivity contribution in [2.45, 2.75) is 220 Å².